The molecule has 0 fully saturated rings. The van der Waals surface area contributed by atoms with E-state index in [-0.39, 0.29) is 17.5 Å². The molecule has 3 aromatic rings. The molecule has 1 heterocycles. The topological polar surface area (TPSA) is 86.5 Å². The van der Waals surface area contributed by atoms with Gasteiger partial charge in [-0.15, -0.1) is 0 Å². The SMILES string of the molecule is COc1ccc2[nH]cc(C=C(NC(=O)c3ccccc3)C(=O)NCCN(C)C)c2c1. The third-order valence-electron chi connectivity index (χ3n) is 4.59. The first-order valence-corrected chi connectivity index (χ1v) is 9.64. The number of likely N-dealkylation sites (N-methyl/N-ethyl adjacent to an activating group) is 1. The van der Waals surface area contributed by atoms with Gasteiger partial charge in [-0.25, -0.2) is 0 Å². The Morgan fingerprint density at radius 3 is 2.60 bits per heavy atom. The number of nitrogens with zero attached hydrogens (tertiary/aromatic N) is 1. The largest absolute Gasteiger partial charge is 0.497 e. The van der Waals surface area contributed by atoms with Crippen LogP contribution in [0.3, 0.4) is 0 Å². The summed E-state index contributed by atoms with van der Waals surface area (Å²) in [6, 6.07) is 14.5. The minimum atomic E-state index is -0.349. The molecule has 30 heavy (non-hydrogen) atoms. The number of aromatic amines is 1. The second-order valence-electron chi connectivity index (χ2n) is 7.09. The molecule has 156 valence electrons. The summed E-state index contributed by atoms with van der Waals surface area (Å²) < 4.78 is 5.31. The first kappa shape index (κ1) is 21.1. The number of ether oxygens (including phenoxy) is 1. The van der Waals surface area contributed by atoms with Gasteiger partial charge in [-0.2, -0.15) is 0 Å². The molecule has 0 unspecified atom stereocenters. The van der Waals surface area contributed by atoms with Crippen LogP contribution in [0, 0.1) is 0 Å². The quantitative estimate of drug-likeness (QED) is 0.502. The molecule has 7 nitrogen and oxygen atoms in total. The third kappa shape index (κ3) is 5.27. The van der Waals surface area contributed by atoms with Crippen LogP contribution in [0.1, 0.15) is 15.9 Å². The molecule has 0 aliphatic carbocycles. The predicted octanol–water partition coefficient (Wildman–Crippen LogP) is 2.63. The van der Waals surface area contributed by atoms with Crippen molar-refractivity contribution in [1.82, 2.24) is 20.5 Å². The Morgan fingerprint density at radius 1 is 1.13 bits per heavy atom. The minimum absolute atomic E-state index is 0.173. The van der Waals surface area contributed by atoms with E-state index in [1.165, 1.54) is 0 Å². The lowest BCUT2D eigenvalue weighted by Crippen LogP contribution is -2.37. The number of amides is 2. The zero-order valence-electron chi connectivity index (χ0n) is 17.4. The number of carbonyl (C=O) groups excluding carboxylic acids is 2. The van der Waals surface area contributed by atoms with E-state index in [0.717, 1.165) is 16.5 Å². The Kier molecular flexibility index (Phi) is 6.87. The number of nitrogens with one attached hydrogen (secondary N) is 3. The number of hydrogen-bond acceptors (Lipinski definition) is 4. The number of hydrogen-bond donors (Lipinski definition) is 3. The molecule has 1 aromatic heterocycles. The van der Waals surface area contributed by atoms with E-state index in [4.69, 9.17) is 4.74 Å². The van der Waals surface area contributed by atoms with E-state index in [2.05, 4.69) is 15.6 Å². The van der Waals surface area contributed by atoms with Crippen LogP contribution in [0.2, 0.25) is 0 Å². The molecule has 0 radical (unpaired) electrons. The lowest BCUT2D eigenvalue weighted by atomic mass is 10.1. The highest BCUT2D eigenvalue weighted by Crippen LogP contribution is 2.25. The maximum atomic E-state index is 12.8. The molecule has 0 bridgehead atoms. The van der Waals surface area contributed by atoms with Gasteiger partial charge in [0.2, 0.25) is 0 Å². The number of carbonyl (C=O) groups is 2. The predicted molar refractivity (Wildman–Crippen MR) is 118 cm³/mol. The van der Waals surface area contributed by atoms with Crippen LogP contribution < -0.4 is 15.4 Å². The van der Waals surface area contributed by atoms with Gasteiger partial charge in [-0.3, -0.25) is 9.59 Å². The molecule has 0 aliphatic rings. The average Bonchev–Trinajstić information content (AvgIpc) is 3.15. The third-order valence-corrected chi connectivity index (χ3v) is 4.59. The van der Waals surface area contributed by atoms with Crippen LogP contribution in [-0.4, -0.2) is 56.0 Å². The van der Waals surface area contributed by atoms with Crippen molar-refractivity contribution in [2.45, 2.75) is 0 Å². The fraction of sp³-hybridized carbons (Fsp3) is 0.217. The fourth-order valence-corrected chi connectivity index (χ4v) is 2.95. The van der Waals surface area contributed by atoms with Crippen LogP contribution in [0.5, 0.6) is 5.75 Å². The zero-order valence-corrected chi connectivity index (χ0v) is 17.4. The number of fused-ring (bicyclic) bond motifs is 1. The first-order chi connectivity index (χ1) is 14.5. The second-order valence-corrected chi connectivity index (χ2v) is 7.09. The van der Waals surface area contributed by atoms with Crippen molar-refractivity contribution in [2.24, 2.45) is 0 Å². The summed E-state index contributed by atoms with van der Waals surface area (Å²) in [7, 11) is 5.46. The van der Waals surface area contributed by atoms with E-state index in [1.807, 2.05) is 43.3 Å². The second kappa shape index (κ2) is 9.76. The van der Waals surface area contributed by atoms with Gasteiger partial charge >= 0.3 is 0 Å². The maximum Gasteiger partial charge on any atom is 0.267 e. The normalized spacial score (nSPS) is 11.5. The number of rotatable bonds is 8. The molecule has 0 spiro atoms. The molecule has 0 atom stereocenters. The van der Waals surface area contributed by atoms with Gasteiger partial charge in [-0.05, 0) is 50.5 Å². The van der Waals surface area contributed by atoms with Gasteiger partial charge < -0.3 is 25.3 Å². The van der Waals surface area contributed by atoms with Gasteiger partial charge in [-0.1, -0.05) is 18.2 Å². The average molecular weight is 406 g/mol. The highest BCUT2D eigenvalue weighted by atomic mass is 16.5. The highest BCUT2D eigenvalue weighted by molar-refractivity contribution is 6.06. The van der Waals surface area contributed by atoms with Crippen LogP contribution in [0.4, 0.5) is 0 Å². The lowest BCUT2D eigenvalue weighted by molar-refractivity contribution is -0.117. The lowest BCUT2D eigenvalue weighted by Gasteiger charge is -2.13. The van der Waals surface area contributed by atoms with Crippen molar-refractivity contribution in [3.05, 3.63) is 71.6 Å². The first-order valence-electron chi connectivity index (χ1n) is 9.64. The minimum Gasteiger partial charge on any atom is -0.497 e. The molecule has 2 aromatic carbocycles. The molecule has 7 heteroatoms. The number of methoxy groups -OCH3 is 1. The summed E-state index contributed by atoms with van der Waals surface area (Å²) >= 11 is 0. The Labute approximate surface area is 175 Å². The molecule has 2 amide bonds. The van der Waals surface area contributed by atoms with Gasteiger partial charge in [0.1, 0.15) is 11.4 Å². The summed E-state index contributed by atoms with van der Waals surface area (Å²) in [5.41, 5.74) is 2.33. The van der Waals surface area contributed by atoms with Crippen molar-refractivity contribution < 1.29 is 14.3 Å². The van der Waals surface area contributed by atoms with Gasteiger partial charge in [0.15, 0.2) is 0 Å². The van der Waals surface area contributed by atoms with E-state index in [9.17, 15) is 9.59 Å². The number of H-pyrrole nitrogens is 1. The molecular weight excluding hydrogens is 380 g/mol. The molecule has 3 rings (SSSR count). The zero-order chi connectivity index (χ0) is 21.5. The standard InChI is InChI=1S/C23H26N4O3/c1-27(2)12-11-24-23(29)21(26-22(28)16-7-5-4-6-8-16)13-17-15-25-20-10-9-18(30-3)14-19(17)20/h4-10,13-15,25H,11-12H2,1-3H3,(H,24,29)(H,26,28). The Balaban J connectivity index is 1.92. The van der Waals surface area contributed by atoms with Gasteiger partial charge in [0.25, 0.3) is 11.8 Å². The van der Waals surface area contributed by atoms with Gasteiger partial charge in [0, 0.05) is 41.3 Å². The summed E-state index contributed by atoms with van der Waals surface area (Å²) in [5, 5.41) is 6.50. The van der Waals surface area contributed by atoms with Crippen molar-refractivity contribution in [3.63, 3.8) is 0 Å². The molecule has 3 N–H and O–H groups in total. The Morgan fingerprint density at radius 2 is 1.90 bits per heavy atom. The Hall–Kier alpha value is -3.58. The maximum absolute atomic E-state index is 12.8. The summed E-state index contributed by atoms with van der Waals surface area (Å²) in [5.74, 6) is 0.0162. The highest BCUT2D eigenvalue weighted by Gasteiger charge is 2.15. The smallest absolute Gasteiger partial charge is 0.267 e. The van der Waals surface area contributed by atoms with Gasteiger partial charge in [0.05, 0.1) is 7.11 Å². The monoisotopic (exact) mass is 406 g/mol. The van der Waals surface area contributed by atoms with Crippen LogP contribution >= 0.6 is 0 Å². The van der Waals surface area contributed by atoms with Crippen molar-refractivity contribution in [1.29, 1.82) is 0 Å². The van der Waals surface area contributed by atoms with Crippen molar-refractivity contribution in [3.8, 4) is 5.75 Å². The summed E-state index contributed by atoms with van der Waals surface area (Å²) in [4.78, 5) is 30.6. The van der Waals surface area contributed by atoms with E-state index < -0.39 is 0 Å². The molecule has 0 saturated heterocycles. The van der Waals surface area contributed by atoms with Crippen LogP contribution in [0.25, 0.3) is 17.0 Å². The summed E-state index contributed by atoms with van der Waals surface area (Å²) in [6.07, 6.45) is 3.47. The van der Waals surface area contributed by atoms with E-state index >= 15 is 0 Å². The number of benzene rings is 2. The molecule has 0 saturated carbocycles. The van der Waals surface area contributed by atoms with Crippen LogP contribution in [0.15, 0.2) is 60.4 Å². The Bertz CT molecular complexity index is 1050. The summed E-state index contributed by atoms with van der Waals surface area (Å²) in [6.45, 7) is 1.15. The molecular formula is C23H26N4O3. The van der Waals surface area contributed by atoms with Crippen LogP contribution in [-0.2, 0) is 4.79 Å². The van der Waals surface area contributed by atoms with E-state index in [1.54, 1.807) is 43.6 Å². The van der Waals surface area contributed by atoms with E-state index in [0.29, 0.717) is 24.4 Å². The molecule has 0 aliphatic heterocycles. The van der Waals surface area contributed by atoms with Crippen molar-refractivity contribution >= 4 is 28.8 Å². The fourth-order valence-electron chi connectivity index (χ4n) is 2.95. The van der Waals surface area contributed by atoms with Crippen molar-refractivity contribution in [2.75, 3.05) is 34.3 Å². The number of aromatic nitrogens is 1.